The number of rotatable bonds is 5. The lowest BCUT2D eigenvalue weighted by Crippen LogP contribution is -2.52. The Morgan fingerprint density at radius 2 is 2.08 bits per heavy atom. The van der Waals surface area contributed by atoms with Crippen LogP contribution in [0.25, 0.3) is 0 Å². The number of hydrogen-bond acceptors (Lipinski definition) is 3. The Kier molecular flexibility index (Phi) is 5.30. The molecule has 0 radical (unpaired) electrons. The second-order valence-corrected chi connectivity index (χ2v) is 7.42. The predicted molar refractivity (Wildman–Crippen MR) is 95.2 cm³/mol. The van der Waals surface area contributed by atoms with Crippen molar-refractivity contribution in [1.29, 1.82) is 0 Å². The molecule has 0 spiro atoms. The van der Waals surface area contributed by atoms with E-state index in [0.29, 0.717) is 19.6 Å². The van der Waals surface area contributed by atoms with Crippen LogP contribution < -0.4 is 5.32 Å². The first-order valence-electron chi connectivity index (χ1n) is 9.25. The maximum Gasteiger partial charge on any atom is 0.317 e. The zero-order valence-corrected chi connectivity index (χ0v) is 15.5. The molecule has 1 aliphatic carbocycles. The fourth-order valence-corrected chi connectivity index (χ4v) is 3.42. The van der Waals surface area contributed by atoms with Gasteiger partial charge in [0.1, 0.15) is 0 Å². The van der Waals surface area contributed by atoms with E-state index in [1.807, 2.05) is 29.5 Å². The minimum absolute atomic E-state index is 0.0556. The molecule has 7 nitrogen and oxygen atoms in total. The van der Waals surface area contributed by atoms with Gasteiger partial charge in [-0.05, 0) is 45.6 Å². The molecule has 1 aliphatic heterocycles. The van der Waals surface area contributed by atoms with Crippen molar-refractivity contribution < 1.29 is 9.59 Å². The van der Waals surface area contributed by atoms with Crippen LogP contribution in [0.2, 0.25) is 0 Å². The molecular weight excluding hydrogens is 318 g/mol. The first-order valence-corrected chi connectivity index (χ1v) is 9.25. The molecule has 7 heteroatoms. The molecule has 1 saturated carbocycles. The molecular formula is C18H29N5O2. The molecule has 1 aromatic rings. The van der Waals surface area contributed by atoms with Crippen molar-refractivity contribution in [2.24, 2.45) is 5.92 Å². The van der Waals surface area contributed by atoms with Crippen LogP contribution in [-0.4, -0.2) is 64.2 Å². The fourth-order valence-electron chi connectivity index (χ4n) is 3.42. The van der Waals surface area contributed by atoms with Gasteiger partial charge in [-0.25, -0.2) is 4.79 Å². The van der Waals surface area contributed by atoms with E-state index in [4.69, 9.17) is 0 Å². The average Bonchev–Trinajstić information content (AvgIpc) is 3.37. The Bertz CT molecular complexity index is 637. The van der Waals surface area contributed by atoms with Crippen LogP contribution in [0, 0.1) is 19.8 Å². The summed E-state index contributed by atoms with van der Waals surface area (Å²) >= 11 is 0. The fraction of sp³-hybridized carbons (Fsp3) is 0.722. The van der Waals surface area contributed by atoms with Crippen LogP contribution in [-0.2, 0) is 11.3 Å². The lowest BCUT2D eigenvalue weighted by Gasteiger charge is -2.34. The first kappa shape index (κ1) is 17.8. The number of aryl methyl sites for hydroxylation is 2. The largest absolute Gasteiger partial charge is 0.340 e. The van der Waals surface area contributed by atoms with E-state index < -0.39 is 0 Å². The number of likely N-dealkylation sites (N-methyl/N-ethyl adjacent to an activating group) is 1. The van der Waals surface area contributed by atoms with Crippen molar-refractivity contribution in [3.8, 4) is 0 Å². The summed E-state index contributed by atoms with van der Waals surface area (Å²) in [4.78, 5) is 28.3. The minimum atomic E-state index is -0.0766. The SMILES string of the molecule is Cc1cc(C)n(CCN(C)C(=O)N[C@@H]2CCCN(C(=O)C3CC3)C2)n1. The van der Waals surface area contributed by atoms with Crippen molar-refractivity contribution in [3.63, 3.8) is 0 Å². The van der Waals surface area contributed by atoms with Gasteiger partial charge in [-0.1, -0.05) is 0 Å². The van der Waals surface area contributed by atoms with Gasteiger partial charge in [0.05, 0.1) is 12.2 Å². The second-order valence-electron chi connectivity index (χ2n) is 7.42. The third-order valence-corrected chi connectivity index (χ3v) is 5.08. The van der Waals surface area contributed by atoms with Crippen molar-refractivity contribution in [2.75, 3.05) is 26.7 Å². The summed E-state index contributed by atoms with van der Waals surface area (Å²) < 4.78 is 1.93. The highest BCUT2D eigenvalue weighted by Crippen LogP contribution is 2.31. The summed E-state index contributed by atoms with van der Waals surface area (Å²) in [6.45, 7) is 6.75. The summed E-state index contributed by atoms with van der Waals surface area (Å²) in [6, 6.07) is 2.01. The molecule has 0 aromatic carbocycles. The van der Waals surface area contributed by atoms with Crippen LogP contribution in [0.15, 0.2) is 6.07 Å². The molecule has 1 aromatic heterocycles. The molecule has 1 saturated heterocycles. The van der Waals surface area contributed by atoms with E-state index in [1.165, 1.54) is 0 Å². The van der Waals surface area contributed by atoms with Gasteiger partial charge in [-0.3, -0.25) is 9.48 Å². The third kappa shape index (κ3) is 4.52. The Labute approximate surface area is 149 Å². The van der Waals surface area contributed by atoms with Gasteiger partial charge in [0.15, 0.2) is 0 Å². The van der Waals surface area contributed by atoms with Crippen LogP contribution in [0.4, 0.5) is 4.79 Å². The second kappa shape index (κ2) is 7.45. The number of urea groups is 1. The van der Waals surface area contributed by atoms with E-state index in [0.717, 1.165) is 43.6 Å². The maximum absolute atomic E-state index is 12.4. The summed E-state index contributed by atoms with van der Waals surface area (Å²) in [5.41, 5.74) is 2.10. The number of carbonyl (C=O) groups excluding carboxylic acids is 2. The number of carbonyl (C=O) groups is 2. The lowest BCUT2D eigenvalue weighted by molar-refractivity contribution is -0.133. The quantitative estimate of drug-likeness (QED) is 0.878. The normalized spacial score (nSPS) is 20.4. The molecule has 3 amide bonds. The summed E-state index contributed by atoms with van der Waals surface area (Å²) in [7, 11) is 1.80. The lowest BCUT2D eigenvalue weighted by atomic mass is 10.1. The highest BCUT2D eigenvalue weighted by molar-refractivity contribution is 5.81. The zero-order valence-electron chi connectivity index (χ0n) is 15.5. The van der Waals surface area contributed by atoms with E-state index in [1.54, 1.807) is 11.9 Å². The predicted octanol–water partition coefficient (Wildman–Crippen LogP) is 1.54. The van der Waals surface area contributed by atoms with Gasteiger partial charge in [-0.2, -0.15) is 5.10 Å². The first-order chi connectivity index (χ1) is 11.9. The highest BCUT2D eigenvalue weighted by atomic mass is 16.2. The summed E-state index contributed by atoms with van der Waals surface area (Å²) in [6.07, 6.45) is 3.95. The topological polar surface area (TPSA) is 70.5 Å². The number of piperidine rings is 1. The number of nitrogens with one attached hydrogen (secondary N) is 1. The molecule has 2 heterocycles. The Balaban J connectivity index is 1.45. The van der Waals surface area contributed by atoms with Gasteiger partial charge in [0.25, 0.3) is 0 Å². The Morgan fingerprint density at radius 1 is 1.32 bits per heavy atom. The molecule has 3 rings (SSSR count). The van der Waals surface area contributed by atoms with Gasteiger partial charge in [0, 0.05) is 44.3 Å². The minimum Gasteiger partial charge on any atom is -0.340 e. The maximum atomic E-state index is 12.4. The van der Waals surface area contributed by atoms with Crippen molar-refractivity contribution in [2.45, 2.75) is 52.1 Å². The number of nitrogens with zero attached hydrogens (tertiary/aromatic N) is 4. The molecule has 2 fully saturated rings. The van der Waals surface area contributed by atoms with E-state index in [9.17, 15) is 9.59 Å². The standard InChI is InChI=1S/C18H29N5O2/c1-13-11-14(2)23(20-13)10-9-21(3)18(25)19-16-5-4-8-22(12-16)17(24)15-6-7-15/h11,15-16H,4-10,12H2,1-3H3,(H,19,25)/t16-/m1/s1. The number of aromatic nitrogens is 2. The van der Waals surface area contributed by atoms with Crippen molar-refractivity contribution in [3.05, 3.63) is 17.5 Å². The smallest absolute Gasteiger partial charge is 0.317 e. The molecule has 138 valence electrons. The summed E-state index contributed by atoms with van der Waals surface area (Å²) in [5.74, 6) is 0.523. The molecule has 0 unspecified atom stereocenters. The van der Waals surface area contributed by atoms with Crippen LogP contribution >= 0.6 is 0 Å². The molecule has 1 N–H and O–H groups in total. The zero-order chi connectivity index (χ0) is 18.0. The van der Waals surface area contributed by atoms with Gasteiger partial charge < -0.3 is 15.1 Å². The van der Waals surface area contributed by atoms with Gasteiger partial charge in [0.2, 0.25) is 5.91 Å². The van der Waals surface area contributed by atoms with Gasteiger partial charge >= 0.3 is 6.03 Å². The van der Waals surface area contributed by atoms with Crippen LogP contribution in [0.3, 0.4) is 0 Å². The summed E-state index contributed by atoms with van der Waals surface area (Å²) in [5, 5.41) is 7.51. The number of likely N-dealkylation sites (tertiary alicyclic amines) is 1. The van der Waals surface area contributed by atoms with E-state index in [2.05, 4.69) is 10.4 Å². The van der Waals surface area contributed by atoms with Crippen LogP contribution in [0.5, 0.6) is 0 Å². The third-order valence-electron chi connectivity index (χ3n) is 5.08. The van der Waals surface area contributed by atoms with E-state index >= 15 is 0 Å². The molecule has 0 bridgehead atoms. The average molecular weight is 347 g/mol. The van der Waals surface area contributed by atoms with Crippen molar-refractivity contribution in [1.82, 2.24) is 24.9 Å². The number of hydrogen-bond donors (Lipinski definition) is 1. The Morgan fingerprint density at radius 3 is 2.72 bits per heavy atom. The van der Waals surface area contributed by atoms with Gasteiger partial charge in [-0.15, -0.1) is 0 Å². The monoisotopic (exact) mass is 347 g/mol. The highest BCUT2D eigenvalue weighted by Gasteiger charge is 2.35. The molecule has 2 aliphatic rings. The molecule has 25 heavy (non-hydrogen) atoms. The number of amides is 3. The Hall–Kier alpha value is -2.05. The molecule has 1 atom stereocenters. The van der Waals surface area contributed by atoms with E-state index in [-0.39, 0.29) is 23.9 Å². The van der Waals surface area contributed by atoms with Crippen LogP contribution in [0.1, 0.15) is 37.1 Å². The van der Waals surface area contributed by atoms with Crippen molar-refractivity contribution >= 4 is 11.9 Å².